The summed E-state index contributed by atoms with van der Waals surface area (Å²) in [4.78, 5) is 25.5. The Balaban J connectivity index is 1.29. The van der Waals surface area contributed by atoms with Gasteiger partial charge in [-0.05, 0) is 53.9 Å². The number of halogens is 1. The van der Waals surface area contributed by atoms with Gasteiger partial charge in [-0.2, -0.15) is 0 Å². The second-order valence-electron chi connectivity index (χ2n) is 8.63. The van der Waals surface area contributed by atoms with Gasteiger partial charge < -0.3 is 23.6 Å². The molecule has 1 N–H and O–H groups in total. The maximum absolute atomic E-state index is 12.8. The number of aryl methyl sites for hydroxylation is 1. The van der Waals surface area contributed by atoms with Crippen LogP contribution in [-0.2, 0) is 17.8 Å². The topological polar surface area (TPSA) is 90.9 Å². The normalized spacial score (nSPS) is 12.4. The summed E-state index contributed by atoms with van der Waals surface area (Å²) in [5.74, 6) is 1.05. The largest absolute Gasteiger partial charge is 0.464 e. The Bertz CT molecular complexity index is 1700. The molecule has 8 heteroatoms. The van der Waals surface area contributed by atoms with Gasteiger partial charge in [-0.15, -0.1) is 0 Å². The zero-order chi connectivity index (χ0) is 24.8. The Kier molecular flexibility index (Phi) is 5.42. The molecule has 36 heavy (non-hydrogen) atoms. The third kappa shape index (κ3) is 3.97. The van der Waals surface area contributed by atoms with Crippen LogP contribution in [0, 0.1) is 6.92 Å². The summed E-state index contributed by atoms with van der Waals surface area (Å²) in [5.41, 5.74) is 4.21. The van der Waals surface area contributed by atoms with Gasteiger partial charge in [0.25, 0.3) is 0 Å². The van der Waals surface area contributed by atoms with Crippen LogP contribution >= 0.6 is 11.6 Å². The molecule has 1 aliphatic heterocycles. The number of carbonyl (C=O) groups excluding carboxylic acids is 1. The van der Waals surface area contributed by atoms with Crippen LogP contribution in [0.15, 0.2) is 74.5 Å². The van der Waals surface area contributed by atoms with Crippen molar-refractivity contribution in [3.63, 3.8) is 0 Å². The molecule has 3 aromatic carbocycles. The first-order chi connectivity index (χ1) is 17.5. The van der Waals surface area contributed by atoms with Crippen molar-refractivity contribution in [1.82, 2.24) is 5.32 Å². The summed E-state index contributed by atoms with van der Waals surface area (Å²) in [6, 6.07) is 16.6. The first-order valence-electron chi connectivity index (χ1n) is 11.3. The van der Waals surface area contributed by atoms with Gasteiger partial charge in [-0.1, -0.05) is 29.8 Å². The van der Waals surface area contributed by atoms with Gasteiger partial charge in [0.15, 0.2) is 11.5 Å². The van der Waals surface area contributed by atoms with Crippen molar-refractivity contribution in [2.75, 3.05) is 6.79 Å². The maximum Gasteiger partial charge on any atom is 0.340 e. The molecule has 0 aliphatic carbocycles. The van der Waals surface area contributed by atoms with Crippen LogP contribution in [0.25, 0.3) is 33.1 Å². The van der Waals surface area contributed by atoms with Crippen LogP contribution in [0.4, 0.5) is 0 Å². The number of fused-ring (bicyclic) bond motifs is 3. The molecule has 1 aliphatic rings. The van der Waals surface area contributed by atoms with E-state index in [-0.39, 0.29) is 19.1 Å². The van der Waals surface area contributed by atoms with Crippen LogP contribution in [-0.4, -0.2) is 12.7 Å². The average Bonchev–Trinajstić information content (AvgIpc) is 3.51. The Morgan fingerprint density at radius 2 is 1.78 bits per heavy atom. The SMILES string of the molecule is Cc1c(CC(=O)NCc2ccc3c(c2)OCO3)c(=O)oc2cc3occ(-c4ccc(Cl)cc4)c3cc12. The minimum atomic E-state index is -0.540. The Labute approximate surface area is 210 Å². The van der Waals surface area contributed by atoms with E-state index >= 15 is 0 Å². The number of carbonyl (C=O) groups is 1. The summed E-state index contributed by atoms with van der Waals surface area (Å²) in [6.45, 7) is 2.32. The second kappa shape index (κ2) is 8.77. The lowest BCUT2D eigenvalue weighted by atomic mass is 9.99. The van der Waals surface area contributed by atoms with Crippen molar-refractivity contribution in [2.24, 2.45) is 0 Å². The molecule has 0 atom stereocenters. The summed E-state index contributed by atoms with van der Waals surface area (Å²) < 4.78 is 22.0. The predicted octanol–water partition coefficient (Wildman–Crippen LogP) is 5.76. The second-order valence-corrected chi connectivity index (χ2v) is 9.07. The molecular formula is C28H20ClNO6. The van der Waals surface area contributed by atoms with E-state index in [1.165, 1.54) is 0 Å². The number of benzene rings is 3. The van der Waals surface area contributed by atoms with Crippen molar-refractivity contribution in [1.29, 1.82) is 0 Å². The number of nitrogens with one attached hydrogen (secondary N) is 1. The number of hydrogen-bond donors (Lipinski definition) is 1. The third-order valence-corrected chi connectivity index (χ3v) is 6.65. The van der Waals surface area contributed by atoms with Crippen molar-refractivity contribution in [2.45, 2.75) is 19.9 Å². The standard InChI is InChI=1S/C28H20ClNO6/c1-15-19-9-21-22(17-3-5-18(29)6-4-17)13-33-24(21)11-25(19)36-28(32)20(15)10-27(31)30-12-16-2-7-23-26(8-16)35-14-34-23/h2-9,11,13H,10,12,14H2,1H3,(H,30,31). The van der Waals surface area contributed by atoms with E-state index in [2.05, 4.69) is 5.32 Å². The summed E-state index contributed by atoms with van der Waals surface area (Å²) in [6.07, 6.45) is 1.58. The highest BCUT2D eigenvalue weighted by atomic mass is 35.5. The van der Waals surface area contributed by atoms with E-state index in [9.17, 15) is 9.59 Å². The zero-order valence-corrected chi connectivity index (χ0v) is 20.0. The van der Waals surface area contributed by atoms with Crippen LogP contribution < -0.4 is 20.4 Å². The quantitative estimate of drug-likeness (QED) is 0.308. The fraction of sp³-hybridized carbons (Fsp3) is 0.143. The van der Waals surface area contributed by atoms with Crippen LogP contribution in [0.2, 0.25) is 5.02 Å². The number of amides is 1. The lowest BCUT2D eigenvalue weighted by Gasteiger charge is -2.09. The Hall–Kier alpha value is -4.23. The van der Waals surface area contributed by atoms with E-state index in [1.54, 1.807) is 18.4 Å². The fourth-order valence-corrected chi connectivity index (χ4v) is 4.57. The van der Waals surface area contributed by atoms with Crippen molar-refractivity contribution >= 4 is 39.4 Å². The molecule has 0 saturated carbocycles. The molecule has 3 heterocycles. The van der Waals surface area contributed by atoms with E-state index in [0.29, 0.717) is 45.4 Å². The molecule has 0 unspecified atom stereocenters. The van der Waals surface area contributed by atoms with Crippen molar-refractivity contribution < 1.29 is 23.1 Å². The van der Waals surface area contributed by atoms with Gasteiger partial charge in [0.05, 0.1) is 18.2 Å². The molecule has 0 saturated heterocycles. The monoisotopic (exact) mass is 501 g/mol. The minimum Gasteiger partial charge on any atom is -0.464 e. The highest BCUT2D eigenvalue weighted by molar-refractivity contribution is 6.30. The van der Waals surface area contributed by atoms with E-state index in [4.69, 9.17) is 29.9 Å². The lowest BCUT2D eigenvalue weighted by molar-refractivity contribution is -0.120. The summed E-state index contributed by atoms with van der Waals surface area (Å²) >= 11 is 6.03. The highest BCUT2D eigenvalue weighted by Gasteiger charge is 2.18. The molecule has 7 nitrogen and oxygen atoms in total. The van der Waals surface area contributed by atoms with Gasteiger partial charge in [0, 0.05) is 34.0 Å². The molecule has 5 aromatic rings. The van der Waals surface area contributed by atoms with Crippen LogP contribution in [0.1, 0.15) is 16.7 Å². The van der Waals surface area contributed by atoms with Gasteiger partial charge in [0.1, 0.15) is 11.2 Å². The van der Waals surface area contributed by atoms with Crippen LogP contribution in [0.5, 0.6) is 11.5 Å². The maximum atomic E-state index is 12.8. The number of rotatable bonds is 5. The average molecular weight is 502 g/mol. The van der Waals surface area contributed by atoms with Crippen molar-refractivity contribution in [3.8, 4) is 22.6 Å². The Morgan fingerprint density at radius 1 is 0.972 bits per heavy atom. The zero-order valence-electron chi connectivity index (χ0n) is 19.2. The third-order valence-electron chi connectivity index (χ3n) is 6.40. The number of hydrogen-bond acceptors (Lipinski definition) is 6. The van der Waals surface area contributed by atoms with Gasteiger partial charge in [-0.25, -0.2) is 4.79 Å². The van der Waals surface area contributed by atoms with Crippen LogP contribution in [0.3, 0.4) is 0 Å². The minimum absolute atomic E-state index is 0.0951. The van der Waals surface area contributed by atoms with E-state index in [0.717, 1.165) is 27.5 Å². The number of ether oxygens (including phenoxy) is 2. The molecule has 2 aromatic heterocycles. The fourth-order valence-electron chi connectivity index (χ4n) is 4.44. The highest BCUT2D eigenvalue weighted by Crippen LogP contribution is 2.35. The smallest absolute Gasteiger partial charge is 0.340 e. The summed E-state index contributed by atoms with van der Waals surface area (Å²) in [5, 5.41) is 5.13. The summed E-state index contributed by atoms with van der Waals surface area (Å²) in [7, 11) is 0. The van der Waals surface area contributed by atoms with Gasteiger partial charge >= 0.3 is 5.63 Å². The molecule has 1 amide bonds. The van der Waals surface area contributed by atoms with E-state index in [1.807, 2.05) is 49.4 Å². The predicted molar refractivity (Wildman–Crippen MR) is 136 cm³/mol. The van der Waals surface area contributed by atoms with E-state index < -0.39 is 5.63 Å². The first-order valence-corrected chi connectivity index (χ1v) is 11.7. The van der Waals surface area contributed by atoms with Crippen molar-refractivity contribution in [3.05, 3.63) is 93.0 Å². The first kappa shape index (κ1) is 22.2. The molecule has 6 rings (SSSR count). The molecular weight excluding hydrogens is 482 g/mol. The molecule has 0 fully saturated rings. The number of furan rings is 1. The lowest BCUT2D eigenvalue weighted by Crippen LogP contribution is -2.27. The van der Waals surface area contributed by atoms with Gasteiger partial charge in [0.2, 0.25) is 12.7 Å². The molecule has 0 spiro atoms. The van der Waals surface area contributed by atoms with Gasteiger partial charge in [-0.3, -0.25) is 4.79 Å². The molecule has 0 bridgehead atoms. The molecule has 0 radical (unpaired) electrons. The molecule has 180 valence electrons. The Morgan fingerprint density at radius 3 is 2.61 bits per heavy atom.